The van der Waals surface area contributed by atoms with E-state index in [-0.39, 0.29) is 6.04 Å². The number of likely N-dealkylation sites (N-methyl/N-ethyl adjacent to an activating group) is 1. The van der Waals surface area contributed by atoms with E-state index in [0.717, 1.165) is 18.8 Å². The molecule has 0 spiro atoms. The number of hydrogen-bond acceptors (Lipinski definition) is 3. The molecule has 0 bridgehead atoms. The van der Waals surface area contributed by atoms with Gasteiger partial charge in [-0.3, -0.25) is 4.90 Å². The molecule has 1 saturated carbocycles. The van der Waals surface area contributed by atoms with Crippen molar-refractivity contribution in [1.29, 1.82) is 0 Å². The van der Waals surface area contributed by atoms with Crippen molar-refractivity contribution in [3.63, 3.8) is 0 Å². The second-order valence-electron chi connectivity index (χ2n) is 6.84. The van der Waals surface area contributed by atoms with Gasteiger partial charge in [0.2, 0.25) is 0 Å². The average Bonchev–Trinajstić information content (AvgIpc) is 2.60. The first-order chi connectivity index (χ1) is 11.3. The lowest BCUT2D eigenvalue weighted by Gasteiger charge is -2.37. The smallest absolute Gasteiger partial charge is 0.119 e. The molecule has 1 aliphatic carbocycles. The monoisotopic (exact) mass is 318 g/mol. The molecule has 0 heterocycles. The summed E-state index contributed by atoms with van der Waals surface area (Å²) in [6.45, 7) is 3.68. The molecule has 2 N–H and O–H groups in total. The van der Waals surface area contributed by atoms with E-state index in [4.69, 9.17) is 10.5 Å². The first kappa shape index (κ1) is 18.3. The quantitative estimate of drug-likeness (QED) is 0.680. The van der Waals surface area contributed by atoms with Crippen LogP contribution < -0.4 is 10.5 Å². The fourth-order valence-electron chi connectivity index (χ4n) is 3.63. The second-order valence-corrected chi connectivity index (χ2v) is 6.84. The van der Waals surface area contributed by atoms with Gasteiger partial charge in [0.25, 0.3) is 0 Å². The maximum absolute atomic E-state index is 6.12. The topological polar surface area (TPSA) is 38.5 Å². The minimum absolute atomic E-state index is 0.289. The van der Waals surface area contributed by atoms with Crippen molar-refractivity contribution in [2.24, 2.45) is 5.73 Å². The summed E-state index contributed by atoms with van der Waals surface area (Å²) >= 11 is 0. The third-order valence-corrected chi connectivity index (χ3v) is 5.13. The zero-order chi connectivity index (χ0) is 16.5. The fraction of sp³-hybridized carbons (Fsp3) is 0.700. The summed E-state index contributed by atoms with van der Waals surface area (Å²) < 4.78 is 5.91. The Morgan fingerprint density at radius 2 is 2.00 bits per heavy atom. The largest absolute Gasteiger partial charge is 0.494 e. The Balaban J connectivity index is 1.99. The molecule has 1 atom stereocenters. The predicted octanol–water partition coefficient (Wildman–Crippen LogP) is 4.52. The van der Waals surface area contributed by atoms with Crippen molar-refractivity contribution in [2.75, 3.05) is 20.2 Å². The van der Waals surface area contributed by atoms with Gasteiger partial charge in [-0.25, -0.2) is 0 Å². The number of nitrogens with zero attached hydrogens (tertiary/aromatic N) is 1. The van der Waals surface area contributed by atoms with Crippen molar-refractivity contribution in [3.8, 4) is 5.75 Å². The van der Waals surface area contributed by atoms with E-state index < -0.39 is 0 Å². The molecule has 130 valence electrons. The zero-order valence-corrected chi connectivity index (χ0v) is 15.0. The molecule has 3 heteroatoms. The Morgan fingerprint density at radius 1 is 1.22 bits per heavy atom. The van der Waals surface area contributed by atoms with E-state index in [2.05, 4.69) is 43.1 Å². The number of unbranched alkanes of at least 4 members (excludes halogenated alkanes) is 2. The van der Waals surface area contributed by atoms with Gasteiger partial charge in [0.1, 0.15) is 5.75 Å². The first-order valence-electron chi connectivity index (χ1n) is 9.41. The third-order valence-electron chi connectivity index (χ3n) is 5.13. The molecular formula is C20H34N2O. The molecule has 1 fully saturated rings. The fourth-order valence-corrected chi connectivity index (χ4v) is 3.63. The Hall–Kier alpha value is -1.06. The van der Waals surface area contributed by atoms with Crippen molar-refractivity contribution in [2.45, 2.75) is 70.4 Å². The standard InChI is InChI=1S/C20H34N2O/c1-3-4-8-14-23-19-13-9-10-17(15-19)20(16-21)22(2)18-11-6-5-7-12-18/h9-10,13,15,18,20H,3-8,11-12,14,16,21H2,1-2H3. The van der Waals surface area contributed by atoms with Crippen LogP contribution in [0.5, 0.6) is 5.75 Å². The molecule has 0 saturated heterocycles. The van der Waals surface area contributed by atoms with Gasteiger partial charge in [0.05, 0.1) is 6.61 Å². The zero-order valence-electron chi connectivity index (χ0n) is 15.0. The van der Waals surface area contributed by atoms with Crippen molar-refractivity contribution in [1.82, 2.24) is 4.90 Å². The molecule has 0 amide bonds. The van der Waals surface area contributed by atoms with Gasteiger partial charge in [-0.2, -0.15) is 0 Å². The van der Waals surface area contributed by atoms with Gasteiger partial charge >= 0.3 is 0 Å². The van der Waals surface area contributed by atoms with E-state index >= 15 is 0 Å². The van der Waals surface area contributed by atoms with Crippen LogP contribution in [-0.2, 0) is 0 Å². The molecule has 1 unspecified atom stereocenters. The van der Waals surface area contributed by atoms with E-state index in [0.29, 0.717) is 12.6 Å². The van der Waals surface area contributed by atoms with Crippen molar-refractivity contribution < 1.29 is 4.74 Å². The molecule has 0 aromatic heterocycles. The van der Waals surface area contributed by atoms with Gasteiger partial charge in [0, 0.05) is 18.6 Å². The average molecular weight is 319 g/mol. The van der Waals surface area contributed by atoms with E-state index in [1.54, 1.807) is 0 Å². The maximum atomic E-state index is 6.12. The molecule has 0 aliphatic heterocycles. The van der Waals surface area contributed by atoms with Crippen LogP contribution in [0.25, 0.3) is 0 Å². The van der Waals surface area contributed by atoms with Crippen LogP contribution in [-0.4, -0.2) is 31.1 Å². The lowest BCUT2D eigenvalue weighted by Crippen LogP contribution is -2.39. The molecule has 0 radical (unpaired) electrons. The SMILES string of the molecule is CCCCCOc1cccc(C(CN)N(C)C2CCCCC2)c1. The minimum Gasteiger partial charge on any atom is -0.494 e. The third kappa shape index (κ3) is 5.50. The second kappa shape index (κ2) is 9.94. The number of ether oxygens (including phenoxy) is 1. The molecular weight excluding hydrogens is 284 g/mol. The lowest BCUT2D eigenvalue weighted by atomic mass is 9.92. The van der Waals surface area contributed by atoms with Gasteiger partial charge < -0.3 is 10.5 Å². The van der Waals surface area contributed by atoms with Crippen LogP contribution in [0, 0.1) is 0 Å². The summed E-state index contributed by atoms with van der Waals surface area (Å²) in [7, 11) is 2.24. The minimum atomic E-state index is 0.289. The van der Waals surface area contributed by atoms with Crippen molar-refractivity contribution in [3.05, 3.63) is 29.8 Å². The maximum Gasteiger partial charge on any atom is 0.119 e. The Morgan fingerprint density at radius 3 is 2.70 bits per heavy atom. The highest BCUT2D eigenvalue weighted by Gasteiger charge is 2.24. The molecule has 23 heavy (non-hydrogen) atoms. The molecule has 2 rings (SSSR count). The van der Waals surface area contributed by atoms with E-state index in [1.807, 2.05) is 0 Å². The van der Waals surface area contributed by atoms with Crippen LogP contribution in [0.1, 0.15) is 69.9 Å². The highest BCUT2D eigenvalue weighted by Crippen LogP contribution is 2.29. The molecule has 3 nitrogen and oxygen atoms in total. The predicted molar refractivity (Wildman–Crippen MR) is 97.9 cm³/mol. The number of nitrogens with two attached hydrogens (primary N) is 1. The Bertz CT molecular complexity index is 443. The molecule has 1 aromatic rings. The van der Waals surface area contributed by atoms with Crippen LogP contribution in [0.15, 0.2) is 24.3 Å². The van der Waals surface area contributed by atoms with Gasteiger partial charge in [0.15, 0.2) is 0 Å². The summed E-state index contributed by atoms with van der Waals surface area (Å²) in [5, 5.41) is 0. The van der Waals surface area contributed by atoms with Crippen LogP contribution in [0.2, 0.25) is 0 Å². The highest BCUT2D eigenvalue weighted by molar-refractivity contribution is 5.31. The van der Waals surface area contributed by atoms with E-state index in [9.17, 15) is 0 Å². The summed E-state index contributed by atoms with van der Waals surface area (Å²) in [6.07, 6.45) is 10.3. The summed E-state index contributed by atoms with van der Waals surface area (Å²) in [6, 6.07) is 9.49. The summed E-state index contributed by atoms with van der Waals surface area (Å²) in [5.41, 5.74) is 7.41. The Kier molecular flexibility index (Phi) is 7.90. The van der Waals surface area contributed by atoms with E-state index in [1.165, 1.54) is 50.5 Å². The van der Waals surface area contributed by atoms with Crippen molar-refractivity contribution >= 4 is 0 Å². The first-order valence-corrected chi connectivity index (χ1v) is 9.41. The lowest BCUT2D eigenvalue weighted by molar-refractivity contribution is 0.140. The van der Waals surface area contributed by atoms with Crippen LogP contribution in [0.4, 0.5) is 0 Å². The summed E-state index contributed by atoms with van der Waals surface area (Å²) in [4.78, 5) is 2.50. The number of benzene rings is 1. The van der Waals surface area contributed by atoms with Gasteiger partial charge in [-0.1, -0.05) is 51.2 Å². The van der Waals surface area contributed by atoms with Gasteiger partial charge in [-0.15, -0.1) is 0 Å². The summed E-state index contributed by atoms with van der Waals surface area (Å²) in [5.74, 6) is 0.981. The van der Waals surface area contributed by atoms with Crippen LogP contribution in [0.3, 0.4) is 0 Å². The molecule has 1 aliphatic rings. The van der Waals surface area contributed by atoms with Crippen LogP contribution >= 0.6 is 0 Å². The molecule has 1 aromatic carbocycles. The highest BCUT2D eigenvalue weighted by atomic mass is 16.5. The Labute approximate surface area is 142 Å². The number of rotatable bonds is 9. The normalized spacial score (nSPS) is 17.4. The number of hydrogen-bond donors (Lipinski definition) is 1. The van der Waals surface area contributed by atoms with Gasteiger partial charge in [-0.05, 0) is 44.0 Å².